The molecule has 7 N–H and O–H groups in total. The fourth-order valence-corrected chi connectivity index (χ4v) is 11.1. The number of hydrogen-bond acceptors (Lipinski definition) is 17. The molecule has 5 heterocycles. The molecule has 0 spiro atoms. The van der Waals surface area contributed by atoms with E-state index in [1.165, 1.54) is 24.3 Å². The number of cyclic esters (lactones) is 2. The van der Waals surface area contributed by atoms with E-state index in [0.717, 1.165) is 6.42 Å². The van der Waals surface area contributed by atoms with Crippen LogP contribution in [0.25, 0.3) is 0 Å². The van der Waals surface area contributed by atoms with Crippen molar-refractivity contribution in [2.75, 3.05) is 0 Å². The van der Waals surface area contributed by atoms with E-state index in [4.69, 9.17) is 37.9 Å². The maximum absolute atomic E-state index is 13.5. The minimum atomic E-state index is -1.87. The number of esters is 2. The number of carbonyl (C=O) groups is 2. The van der Waals surface area contributed by atoms with E-state index in [1.54, 1.807) is 58.9 Å². The SMILES string of the molecule is CC[C@@H]1[C@@H](C)OC([C@@H](C)[C@H](O)[C@H](C)[C@H]2OC(=O)/C=C/C=C/[C@H](C)[C@@H]([C@@H](C)[C@@H](O)[C@H](C)[C@@]3(O)C[C@@H](O[C@H]4C[C@H](O)[C@H](O)[C@H](C)O4)[C@H](CC)[C@@H](C)O3)OC(=O)/C=C/C=C\[C@@H]2C)=C[C@H]1O[C@H]1C[C@H](O)[C@H](O)[C@H](C)O1. The van der Waals surface area contributed by atoms with Crippen LogP contribution in [0.1, 0.15) is 115 Å². The Morgan fingerprint density at radius 2 is 1.13 bits per heavy atom. The first-order valence-electron chi connectivity index (χ1n) is 26.0. The molecule has 25 atom stereocenters. The molecule has 3 fully saturated rings. The van der Waals surface area contributed by atoms with Gasteiger partial charge in [-0.15, -0.1) is 0 Å². The number of allylic oxidation sites excluding steroid dienone is 4. The lowest BCUT2D eigenvalue weighted by molar-refractivity contribution is -0.344. The predicted molar refractivity (Wildman–Crippen MR) is 261 cm³/mol. The zero-order chi connectivity index (χ0) is 52.6. The molecule has 0 radical (unpaired) electrons. The molecule has 5 rings (SSSR count). The average molecular weight is 1010 g/mol. The van der Waals surface area contributed by atoms with Crippen LogP contribution in [0.3, 0.4) is 0 Å². The van der Waals surface area contributed by atoms with Gasteiger partial charge in [-0.05, 0) is 46.6 Å². The summed E-state index contributed by atoms with van der Waals surface area (Å²) in [6.07, 6.45) is 2.92. The second-order valence-corrected chi connectivity index (χ2v) is 21.1. The predicted octanol–water partition coefficient (Wildman–Crippen LogP) is 4.92. The topological polar surface area (TPSA) is 250 Å². The molecule has 5 aliphatic rings. The third-order valence-corrected chi connectivity index (χ3v) is 15.9. The monoisotopic (exact) mass is 1010 g/mol. The quantitative estimate of drug-likeness (QED) is 0.114. The maximum atomic E-state index is 13.5. The number of aliphatic hydroxyl groups excluding tert-OH is 6. The van der Waals surface area contributed by atoms with Gasteiger partial charge in [-0.2, -0.15) is 0 Å². The minimum Gasteiger partial charge on any atom is -0.495 e. The highest BCUT2D eigenvalue weighted by Gasteiger charge is 2.52. The van der Waals surface area contributed by atoms with Gasteiger partial charge in [0.2, 0.25) is 0 Å². The Kier molecular flexibility index (Phi) is 21.5. The Bertz CT molecular complexity index is 1850. The number of carbonyl (C=O) groups excluding carboxylic acids is 2. The third-order valence-electron chi connectivity index (χ3n) is 15.9. The van der Waals surface area contributed by atoms with Crippen LogP contribution in [-0.2, 0) is 47.5 Å². The largest absolute Gasteiger partial charge is 0.495 e. The van der Waals surface area contributed by atoms with Gasteiger partial charge in [0, 0.05) is 78.8 Å². The number of aliphatic hydroxyl groups is 7. The second kappa shape index (κ2) is 25.9. The van der Waals surface area contributed by atoms with Crippen molar-refractivity contribution in [1.29, 1.82) is 0 Å². The van der Waals surface area contributed by atoms with Crippen LogP contribution in [0.4, 0.5) is 0 Å². The van der Waals surface area contributed by atoms with Gasteiger partial charge in [-0.25, -0.2) is 9.59 Å². The second-order valence-electron chi connectivity index (χ2n) is 21.1. The number of rotatable bonds is 14. The van der Waals surface area contributed by atoms with Gasteiger partial charge >= 0.3 is 11.9 Å². The van der Waals surface area contributed by atoms with Gasteiger partial charge < -0.3 is 73.6 Å². The average Bonchev–Trinajstić information content (AvgIpc) is 3.31. The van der Waals surface area contributed by atoms with Gasteiger partial charge in [0.1, 0.15) is 36.3 Å². The Hall–Kier alpha value is -3.04. The van der Waals surface area contributed by atoms with E-state index in [0.29, 0.717) is 12.2 Å². The van der Waals surface area contributed by atoms with Crippen molar-refractivity contribution in [3.63, 3.8) is 0 Å². The van der Waals surface area contributed by atoms with Crippen LogP contribution in [0.5, 0.6) is 0 Å². The van der Waals surface area contributed by atoms with E-state index in [-0.39, 0.29) is 37.2 Å². The van der Waals surface area contributed by atoms with Crippen molar-refractivity contribution >= 4 is 11.9 Å². The van der Waals surface area contributed by atoms with Gasteiger partial charge in [-0.3, -0.25) is 0 Å². The molecule has 0 aromatic rings. The summed E-state index contributed by atoms with van der Waals surface area (Å²) in [7, 11) is 0. The van der Waals surface area contributed by atoms with Crippen LogP contribution in [0, 0.1) is 47.3 Å². The molecule has 0 aromatic heterocycles. The van der Waals surface area contributed by atoms with Gasteiger partial charge in [-0.1, -0.05) is 91.8 Å². The lowest BCUT2D eigenvalue weighted by Crippen LogP contribution is -2.59. The summed E-state index contributed by atoms with van der Waals surface area (Å²) in [6, 6.07) is 0. The fraction of sp³-hybridized carbons (Fsp3) is 0.778. The number of ether oxygens (including phenoxy) is 8. The molecule has 0 amide bonds. The Labute approximate surface area is 420 Å². The highest BCUT2D eigenvalue weighted by atomic mass is 16.7. The smallest absolute Gasteiger partial charge is 0.331 e. The zero-order valence-electron chi connectivity index (χ0n) is 43.8. The van der Waals surface area contributed by atoms with Crippen LogP contribution < -0.4 is 0 Å². The highest BCUT2D eigenvalue weighted by molar-refractivity contribution is 5.83. The van der Waals surface area contributed by atoms with Crippen LogP contribution in [-0.4, -0.2) is 152 Å². The lowest BCUT2D eigenvalue weighted by atomic mass is 9.76. The van der Waals surface area contributed by atoms with Crippen molar-refractivity contribution in [2.45, 2.75) is 219 Å². The Balaban J connectivity index is 1.28. The van der Waals surface area contributed by atoms with Crippen LogP contribution in [0.15, 0.2) is 60.4 Å². The summed E-state index contributed by atoms with van der Waals surface area (Å²) < 4.78 is 49.3. The fourth-order valence-electron chi connectivity index (χ4n) is 11.1. The van der Waals surface area contributed by atoms with E-state index in [9.17, 15) is 45.3 Å². The molecular weight excluding hydrogens is 921 g/mol. The van der Waals surface area contributed by atoms with Gasteiger partial charge in [0.15, 0.2) is 18.4 Å². The van der Waals surface area contributed by atoms with Crippen LogP contribution in [0.2, 0.25) is 0 Å². The van der Waals surface area contributed by atoms with E-state index >= 15 is 0 Å². The molecule has 17 nitrogen and oxygen atoms in total. The van der Waals surface area contributed by atoms with Crippen LogP contribution >= 0.6 is 0 Å². The minimum absolute atomic E-state index is 0.0166. The Morgan fingerprint density at radius 1 is 0.648 bits per heavy atom. The molecule has 71 heavy (non-hydrogen) atoms. The van der Waals surface area contributed by atoms with E-state index < -0.39 is 145 Å². The van der Waals surface area contributed by atoms with Gasteiger partial charge in [0.05, 0.1) is 54.9 Å². The van der Waals surface area contributed by atoms with Crippen molar-refractivity contribution in [1.82, 2.24) is 0 Å². The van der Waals surface area contributed by atoms with E-state index in [1.807, 2.05) is 54.5 Å². The summed E-state index contributed by atoms with van der Waals surface area (Å²) in [6.45, 7) is 21.8. The third kappa shape index (κ3) is 14.6. The lowest BCUT2D eigenvalue weighted by Gasteiger charge is -2.50. The summed E-state index contributed by atoms with van der Waals surface area (Å²) in [5, 5.41) is 77.4. The van der Waals surface area contributed by atoms with Crippen molar-refractivity contribution < 1.29 is 83.2 Å². The molecule has 3 saturated heterocycles. The molecule has 404 valence electrons. The molecule has 17 heteroatoms. The van der Waals surface area contributed by atoms with Crippen molar-refractivity contribution in [3.8, 4) is 0 Å². The highest BCUT2D eigenvalue weighted by Crippen LogP contribution is 2.43. The van der Waals surface area contributed by atoms with Crippen molar-refractivity contribution in [3.05, 3.63) is 60.4 Å². The molecule has 0 saturated carbocycles. The maximum Gasteiger partial charge on any atom is 0.331 e. The Morgan fingerprint density at radius 3 is 1.61 bits per heavy atom. The standard InChI is InChI=1S/C54H86O17/c1-13-37-33(9)64-41(25-42(37)67-46-23-39(55)50(61)35(11)65-46)29(5)48(59)30(6)52-27(3)19-15-17-22-45(58)70-53(28(4)20-16-18-21-44(57)69-52)31(7)49(60)32(8)54(63)26-43(38(14-2)34(10)71-54)68-47-24-40(56)51(62)36(12)66-47/h15-22,25,27-40,42-43,46-53,55-56,59-63H,13-14,23-24,26H2,1-12H3/b19-15-,20-16+,21-18+,22-17+/t27-,28-,29+,30-,31-,32-,33+,34+,35-,36-,37+,38+,39-,40-,42+,43+,46-,47-,48-,49+,50+,51+,52-,53-,54+/m0/s1. The first-order chi connectivity index (χ1) is 33.4. The molecule has 0 aromatic carbocycles. The summed E-state index contributed by atoms with van der Waals surface area (Å²) in [5.74, 6) is -6.63. The molecule has 0 aliphatic carbocycles. The first kappa shape index (κ1) is 58.8. The molecule has 0 unspecified atom stereocenters. The summed E-state index contributed by atoms with van der Waals surface area (Å²) in [5.41, 5.74) is 0. The molecule has 5 aliphatic heterocycles. The molecular formula is C54H86O17. The normalized spacial score (nSPS) is 44.2. The van der Waals surface area contributed by atoms with Gasteiger partial charge in [0.25, 0.3) is 0 Å². The number of hydrogen-bond donors (Lipinski definition) is 7. The first-order valence-corrected chi connectivity index (χ1v) is 26.0. The zero-order valence-corrected chi connectivity index (χ0v) is 43.8. The van der Waals surface area contributed by atoms with E-state index in [2.05, 4.69) is 0 Å². The van der Waals surface area contributed by atoms with Crippen molar-refractivity contribution in [2.24, 2.45) is 47.3 Å². The summed E-state index contributed by atoms with van der Waals surface area (Å²) >= 11 is 0. The molecule has 0 bridgehead atoms. The summed E-state index contributed by atoms with van der Waals surface area (Å²) in [4.78, 5) is 27.0.